The number of hydrogen-bond donors (Lipinski definition) is 2. The summed E-state index contributed by atoms with van der Waals surface area (Å²) in [5.74, 6) is 6.14. The van der Waals surface area contributed by atoms with Gasteiger partial charge in [-0.2, -0.15) is 11.8 Å². The molecular formula is C10H21N3OS. The van der Waals surface area contributed by atoms with Gasteiger partial charge in [0, 0.05) is 36.1 Å². The van der Waals surface area contributed by atoms with Crippen LogP contribution >= 0.6 is 11.8 Å². The molecule has 0 aromatic carbocycles. The molecule has 1 fully saturated rings. The maximum absolute atomic E-state index is 11.3. The highest BCUT2D eigenvalue weighted by molar-refractivity contribution is 8.00. The summed E-state index contributed by atoms with van der Waals surface area (Å²) in [6, 6.07) is 0. The zero-order valence-corrected chi connectivity index (χ0v) is 10.6. The maximum Gasteiger partial charge on any atom is 0.237 e. The summed E-state index contributed by atoms with van der Waals surface area (Å²) in [7, 11) is 0. The van der Waals surface area contributed by atoms with Gasteiger partial charge in [0.05, 0.1) is 0 Å². The molecule has 88 valence electrons. The van der Waals surface area contributed by atoms with Crippen LogP contribution in [0.5, 0.6) is 0 Å². The topological polar surface area (TPSA) is 58.4 Å². The smallest absolute Gasteiger partial charge is 0.237 e. The molecule has 5 heteroatoms. The largest absolute Gasteiger partial charge is 0.300 e. The fraction of sp³-hybridized carbons (Fsp3) is 0.900. The van der Waals surface area contributed by atoms with E-state index in [0.29, 0.717) is 4.75 Å². The Labute approximate surface area is 95.9 Å². The summed E-state index contributed by atoms with van der Waals surface area (Å²) in [5.41, 5.74) is 2.20. The van der Waals surface area contributed by atoms with Crippen LogP contribution < -0.4 is 11.3 Å². The predicted octanol–water partition coefficient (Wildman–Crippen LogP) is 0.440. The van der Waals surface area contributed by atoms with E-state index >= 15 is 0 Å². The van der Waals surface area contributed by atoms with Gasteiger partial charge in [-0.25, -0.2) is 5.84 Å². The molecule has 0 radical (unpaired) electrons. The van der Waals surface area contributed by atoms with Crippen LogP contribution in [0.3, 0.4) is 0 Å². The zero-order valence-electron chi connectivity index (χ0n) is 9.75. The first-order chi connectivity index (χ1) is 6.94. The first kappa shape index (κ1) is 12.8. The number of nitrogens with two attached hydrogens (primary N) is 1. The van der Waals surface area contributed by atoms with Crippen molar-refractivity contribution >= 4 is 17.7 Å². The van der Waals surface area contributed by atoms with Crippen LogP contribution in [0.4, 0.5) is 0 Å². The second-order valence-electron chi connectivity index (χ2n) is 4.75. The van der Waals surface area contributed by atoms with E-state index in [9.17, 15) is 4.79 Å². The molecule has 1 saturated heterocycles. The number of carbonyl (C=O) groups is 1. The van der Waals surface area contributed by atoms with Crippen LogP contribution in [-0.4, -0.2) is 40.9 Å². The van der Waals surface area contributed by atoms with Crippen LogP contribution in [0.25, 0.3) is 0 Å². The predicted molar refractivity (Wildman–Crippen MR) is 64.5 cm³/mol. The second kappa shape index (κ2) is 5.18. The third-order valence-electron chi connectivity index (χ3n) is 2.63. The van der Waals surface area contributed by atoms with E-state index in [4.69, 9.17) is 5.84 Å². The van der Waals surface area contributed by atoms with Crippen molar-refractivity contribution in [2.75, 3.05) is 25.4 Å². The Morgan fingerprint density at radius 1 is 1.67 bits per heavy atom. The second-order valence-corrected chi connectivity index (χ2v) is 6.56. The third-order valence-corrected chi connectivity index (χ3v) is 3.92. The lowest BCUT2D eigenvalue weighted by molar-refractivity contribution is -0.125. The molecule has 1 heterocycles. The first-order valence-electron chi connectivity index (χ1n) is 5.31. The molecule has 1 amide bonds. The monoisotopic (exact) mass is 231 g/mol. The minimum Gasteiger partial charge on any atom is -0.300 e. The highest BCUT2D eigenvalue weighted by atomic mass is 32.2. The minimum absolute atomic E-state index is 0.0334. The maximum atomic E-state index is 11.3. The molecule has 1 rings (SSSR count). The summed E-state index contributed by atoms with van der Waals surface area (Å²) >= 11 is 2.00. The van der Waals surface area contributed by atoms with Gasteiger partial charge in [-0.3, -0.25) is 10.2 Å². The number of amides is 1. The van der Waals surface area contributed by atoms with Crippen molar-refractivity contribution in [2.24, 2.45) is 11.8 Å². The van der Waals surface area contributed by atoms with Crippen molar-refractivity contribution in [1.29, 1.82) is 0 Å². The van der Waals surface area contributed by atoms with Gasteiger partial charge < -0.3 is 4.90 Å². The van der Waals surface area contributed by atoms with Gasteiger partial charge in [-0.15, -0.1) is 0 Å². The molecule has 1 aliphatic rings. The minimum atomic E-state index is -0.0777. The normalized spacial score (nSPS) is 23.5. The number of carbonyl (C=O) groups excluding carboxylic acids is 1. The van der Waals surface area contributed by atoms with Gasteiger partial charge in [-0.05, 0) is 13.8 Å². The summed E-state index contributed by atoms with van der Waals surface area (Å²) in [6.45, 7) is 9.31. The lowest BCUT2D eigenvalue weighted by Crippen LogP contribution is -2.47. The lowest BCUT2D eigenvalue weighted by Gasteiger charge is -2.38. The molecule has 0 aromatic heterocycles. The van der Waals surface area contributed by atoms with Gasteiger partial charge in [0.1, 0.15) is 0 Å². The lowest BCUT2D eigenvalue weighted by atomic mass is 10.1. The average Bonchev–Trinajstić information content (AvgIpc) is 2.14. The van der Waals surface area contributed by atoms with Gasteiger partial charge in [0.15, 0.2) is 0 Å². The summed E-state index contributed by atoms with van der Waals surface area (Å²) in [6.07, 6.45) is 0. The molecular weight excluding hydrogens is 210 g/mol. The molecule has 4 nitrogen and oxygen atoms in total. The standard InChI is InChI=1S/C10H21N3OS/c1-8(9(14)12-11)6-13-4-5-15-10(2,3)7-13/h8H,4-7,11H2,1-3H3,(H,12,14). The van der Waals surface area contributed by atoms with Crippen LogP contribution in [-0.2, 0) is 4.79 Å². The van der Waals surface area contributed by atoms with Crippen LogP contribution in [0.1, 0.15) is 20.8 Å². The van der Waals surface area contributed by atoms with Crippen molar-refractivity contribution in [3.63, 3.8) is 0 Å². The first-order valence-corrected chi connectivity index (χ1v) is 6.30. The molecule has 0 aliphatic carbocycles. The quantitative estimate of drug-likeness (QED) is 0.420. The van der Waals surface area contributed by atoms with Crippen LogP contribution in [0, 0.1) is 5.92 Å². The zero-order chi connectivity index (χ0) is 11.5. The number of thioether (sulfide) groups is 1. The van der Waals surface area contributed by atoms with Gasteiger partial charge in [0.2, 0.25) is 5.91 Å². The van der Waals surface area contributed by atoms with E-state index in [1.165, 1.54) is 0 Å². The molecule has 0 spiro atoms. The van der Waals surface area contributed by atoms with E-state index in [-0.39, 0.29) is 11.8 Å². The molecule has 1 aliphatic heterocycles. The number of hydrazine groups is 1. The van der Waals surface area contributed by atoms with Crippen molar-refractivity contribution in [2.45, 2.75) is 25.5 Å². The van der Waals surface area contributed by atoms with E-state index in [1.54, 1.807) is 0 Å². The molecule has 15 heavy (non-hydrogen) atoms. The van der Waals surface area contributed by atoms with Gasteiger partial charge in [0.25, 0.3) is 0 Å². The Hall–Kier alpha value is -0.260. The van der Waals surface area contributed by atoms with Crippen molar-refractivity contribution in [3.8, 4) is 0 Å². The molecule has 0 bridgehead atoms. The van der Waals surface area contributed by atoms with E-state index in [1.807, 2.05) is 18.7 Å². The number of rotatable bonds is 3. The molecule has 0 saturated carbocycles. The van der Waals surface area contributed by atoms with Crippen LogP contribution in [0.15, 0.2) is 0 Å². The Bertz CT molecular complexity index is 233. The Morgan fingerprint density at radius 3 is 2.87 bits per heavy atom. The summed E-state index contributed by atoms with van der Waals surface area (Å²) in [5, 5.41) is 0. The molecule has 1 atom stereocenters. The third kappa shape index (κ3) is 4.01. The highest BCUT2D eigenvalue weighted by Crippen LogP contribution is 2.29. The highest BCUT2D eigenvalue weighted by Gasteiger charge is 2.28. The molecule has 1 unspecified atom stereocenters. The Morgan fingerprint density at radius 2 is 2.33 bits per heavy atom. The number of nitrogens with zero attached hydrogens (tertiary/aromatic N) is 1. The number of nitrogens with one attached hydrogen (secondary N) is 1. The van der Waals surface area contributed by atoms with Crippen molar-refractivity contribution < 1.29 is 4.79 Å². The van der Waals surface area contributed by atoms with Gasteiger partial charge >= 0.3 is 0 Å². The average molecular weight is 231 g/mol. The van der Waals surface area contributed by atoms with Crippen molar-refractivity contribution in [3.05, 3.63) is 0 Å². The number of hydrogen-bond acceptors (Lipinski definition) is 4. The SMILES string of the molecule is CC(CN1CCSC(C)(C)C1)C(=O)NN. The van der Waals surface area contributed by atoms with Crippen LogP contribution in [0.2, 0.25) is 0 Å². The van der Waals surface area contributed by atoms with Gasteiger partial charge in [-0.1, -0.05) is 6.92 Å². The fourth-order valence-corrected chi connectivity index (χ4v) is 3.06. The molecule has 0 aromatic rings. The van der Waals surface area contributed by atoms with E-state index in [2.05, 4.69) is 24.2 Å². The Kier molecular flexibility index (Phi) is 4.43. The fourth-order valence-electron chi connectivity index (χ4n) is 1.88. The van der Waals surface area contributed by atoms with E-state index in [0.717, 1.165) is 25.4 Å². The summed E-state index contributed by atoms with van der Waals surface area (Å²) in [4.78, 5) is 13.6. The van der Waals surface area contributed by atoms with Crippen molar-refractivity contribution in [1.82, 2.24) is 10.3 Å². The molecule has 3 N–H and O–H groups in total. The summed E-state index contributed by atoms with van der Waals surface area (Å²) < 4.78 is 0.303. The Balaban J connectivity index is 2.41. The van der Waals surface area contributed by atoms with E-state index < -0.39 is 0 Å².